The van der Waals surface area contributed by atoms with Gasteiger partial charge in [-0.1, -0.05) is 29.8 Å². The summed E-state index contributed by atoms with van der Waals surface area (Å²) in [6, 6.07) is 8.21. The molecule has 1 aromatic heterocycles. The summed E-state index contributed by atoms with van der Waals surface area (Å²) >= 11 is 0. The lowest BCUT2D eigenvalue weighted by molar-refractivity contribution is 0.595. The third-order valence-electron chi connectivity index (χ3n) is 1.86. The van der Waals surface area contributed by atoms with E-state index in [1.807, 2.05) is 31.2 Å². The van der Waals surface area contributed by atoms with Gasteiger partial charge < -0.3 is 10.2 Å². The van der Waals surface area contributed by atoms with Crippen LogP contribution in [0.25, 0.3) is 11.3 Å². The average Bonchev–Trinajstić information content (AvgIpc) is 2.53. The van der Waals surface area contributed by atoms with E-state index in [0.29, 0.717) is 5.76 Å². The van der Waals surface area contributed by atoms with E-state index in [4.69, 9.17) is 10.2 Å². The van der Waals surface area contributed by atoms with E-state index in [0.717, 1.165) is 5.56 Å². The molecule has 2 rings (SSSR count). The van der Waals surface area contributed by atoms with Crippen molar-refractivity contribution in [1.82, 2.24) is 4.98 Å². The molecule has 0 spiro atoms. The van der Waals surface area contributed by atoms with Crippen molar-refractivity contribution in [2.45, 2.75) is 6.92 Å². The van der Waals surface area contributed by atoms with Gasteiger partial charge in [-0.05, 0) is 6.92 Å². The molecule has 3 heteroatoms. The van der Waals surface area contributed by atoms with Gasteiger partial charge in [-0.25, -0.2) is 4.98 Å². The van der Waals surface area contributed by atoms with E-state index >= 15 is 0 Å². The molecule has 0 saturated heterocycles. The molecule has 0 atom stereocenters. The SMILES string of the molecule is Cc1ccc(-c2cnc(N)o2)cc1. The molecule has 0 amide bonds. The quantitative estimate of drug-likeness (QED) is 0.721. The highest BCUT2D eigenvalue weighted by molar-refractivity contribution is 5.57. The average molecular weight is 174 g/mol. The summed E-state index contributed by atoms with van der Waals surface area (Å²) in [5.41, 5.74) is 7.58. The van der Waals surface area contributed by atoms with Crippen LogP contribution in [0, 0.1) is 6.92 Å². The number of hydrogen-bond acceptors (Lipinski definition) is 3. The largest absolute Gasteiger partial charge is 0.424 e. The number of hydrogen-bond donors (Lipinski definition) is 1. The molecule has 1 aromatic carbocycles. The second-order valence-corrected chi connectivity index (χ2v) is 2.93. The zero-order chi connectivity index (χ0) is 9.26. The molecule has 0 unspecified atom stereocenters. The molecular formula is C10H10N2O. The smallest absolute Gasteiger partial charge is 0.292 e. The van der Waals surface area contributed by atoms with Gasteiger partial charge in [0.15, 0.2) is 5.76 Å². The molecule has 0 radical (unpaired) electrons. The fraction of sp³-hybridized carbons (Fsp3) is 0.100. The highest BCUT2D eigenvalue weighted by atomic mass is 16.4. The number of rotatable bonds is 1. The monoisotopic (exact) mass is 174 g/mol. The van der Waals surface area contributed by atoms with Crippen LogP contribution in [0.4, 0.5) is 6.01 Å². The zero-order valence-electron chi connectivity index (χ0n) is 7.32. The van der Waals surface area contributed by atoms with Crippen LogP contribution < -0.4 is 5.73 Å². The molecule has 2 N–H and O–H groups in total. The van der Waals surface area contributed by atoms with Crippen LogP contribution in [0.1, 0.15) is 5.56 Å². The number of nitrogens with two attached hydrogens (primary N) is 1. The van der Waals surface area contributed by atoms with E-state index in [2.05, 4.69) is 4.98 Å². The van der Waals surface area contributed by atoms with Crippen molar-refractivity contribution in [3.63, 3.8) is 0 Å². The van der Waals surface area contributed by atoms with Crippen molar-refractivity contribution in [1.29, 1.82) is 0 Å². The van der Waals surface area contributed by atoms with Crippen LogP contribution in [0.15, 0.2) is 34.9 Å². The summed E-state index contributed by atoms with van der Waals surface area (Å²) < 4.78 is 5.18. The number of oxazole rings is 1. The normalized spacial score (nSPS) is 10.2. The molecule has 13 heavy (non-hydrogen) atoms. The number of aromatic nitrogens is 1. The molecule has 0 aliphatic heterocycles. The topological polar surface area (TPSA) is 52.0 Å². The Bertz CT molecular complexity index is 403. The Labute approximate surface area is 76.2 Å². The standard InChI is InChI=1S/C10H10N2O/c1-7-2-4-8(5-3-7)9-6-12-10(11)13-9/h2-6H,1H3,(H2,11,12). The van der Waals surface area contributed by atoms with Gasteiger partial charge in [0.25, 0.3) is 6.01 Å². The van der Waals surface area contributed by atoms with Gasteiger partial charge in [0.2, 0.25) is 0 Å². The van der Waals surface area contributed by atoms with Gasteiger partial charge in [-0.2, -0.15) is 0 Å². The number of nitrogens with zero attached hydrogens (tertiary/aromatic N) is 1. The van der Waals surface area contributed by atoms with E-state index < -0.39 is 0 Å². The molecule has 0 aliphatic rings. The first-order chi connectivity index (χ1) is 6.25. The molecular weight excluding hydrogens is 164 g/mol. The Kier molecular flexibility index (Phi) is 1.77. The van der Waals surface area contributed by atoms with Crippen molar-refractivity contribution in [2.75, 3.05) is 5.73 Å². The Morgan fingerprint density at radius 1 is 1.23 bits per heavy atom. The summed E-state index contributed by atoms with van der Waals surface area (Å²) in [6.45, 7) is 2.04. The van der Waals surface area contributed by atoms with Gasteiger partial charge in [-0.3, -0.25) is 0 Å². The van der Waals surface area contributed by atoms with Crippen LogP contribution >= 0.6 is 0 Å². The van der Waals surface area contributed by atoms with Gasteiger partial charge in [-0.15, -0.1) is 0 Å². The van der Waals surface area contributed by atoms with Crippen LogP contribution in [-0.4, -0.2) is 4.98 Å². The zero-order valence-corrected chi connectivity index (χ0v) is 7.32. The Balaban J connectivity index is 2.41. The summed E-state index contributed by atoms with van der Waals surface area (Å²) in [6.07, 6.45) is 1.62. The maximum atomic E-state index is 5.37. The molecule has 66 valence electrons. The van der Waals surface area contributed by atoms with Gasteiger partial charge in [0.05, 0.1) is 6.20 Å². The van der Waals surface area contributed by atoms with E-state index in [1.54, 1.807) is 6.20 Å². The van der Waals surface area contributed by atoms with Crippen LogP contribution in [-0.2, 0) is 0 Å². The first-order valence-electron chi connectivity index (χ1n) is 4.04. The molecule has 0 fully saturated rings. The Morgan fingerprint density at radius 3 is 2.46 bits per heavy atom. The first kappa shape index (κ1) is 7.86. The Morgan fingerprint density at radius 2 is 1.92 bits per heavy atom. The second kappa shape index (κ2) is 2.94. The van der Waals surface area contributed by atoms with Crippen LogP contribution in [0.2, 0.25) is 0 Å². The van der Waals surface area contributed by atoms with Gasteiger partial charge >= 0.3 is 0 Å². The minimum Gasteiger partial charge on any atom is -0.424 e. The predicted octanol–water partition coefficient (Wildman–Crippen LogP) is 2.23. The van der Waals surface area contributed by atoms with Crippen molar-refractivity contribution in [3.05, 3.63) is 36.0 Å². The third kappa shape index (κ3) is 1.54. The summed E-state index contributed by atoms with van der Waals surface area (Å²) in [7, 11) is 0. The highest BCUT2D eigenvalue weighted by Gasteiger charge is 2.02. The maximum Gasteiger partial charge on any atom is 0.292 e. The molecule has 0 saturated carbocycles. The van der Waals surface area contributed by atoms with Crippen molar-refractivity contribution in [3.8, 4) is 11.3 Å². The molecule has 2 aromatic rings. The maximum absolute atomic E-state index is 5.37. The van der Waals surface area contributed by atoms with Crippen LogP contribution in [0.3, 0.4) is 0 Å². The number of nitrogen functional groups attached to an aromatic ring is 1. The molecule has 0 bridgehead atoms. The minimum absolute atomic E-state index is 0.204. The van der Waals surface area contributed by atoms with E-state index in [9.17, 15) is 0 Å². The summed E-state index contributed by atoms with van der Waals surface area (Å²) in [5, 5.41) is 0. The van der Waals surface area contributed by atoms with E-state index in [1.165, 1.54) is 5.56 Å². The highest BCUT2D eigenvalue weighted by Crippen LogP contribution is 2.21. The van der Waals surface area contributed by atoms with Gasteiger partial charge in [0, 0.05) is 5.56 Å². The van der Waals surface area contributed by atoms with Crippen molar-refractivity contribution in [2.24, 2.45) is 0 Å². The number of anilines is 1. The fourth-order valence-corrected chi connectivity index (χ4v) is 1.14. The second-order valence-electron chi connectivity index (χ2n) is 2.93. The lowest BCUT2D eigenvalue weighted by Crippen LogP contribution is -1.80. The predicted molar refractivity (Wildman–Crippen MR) is 51.1 cm³/mol. The van der Waals surface area contributed by atoms with Crippen molar-refractivity contribution >= 4 is 6.01 Å². The number of aryl methyl sites for hydroxylation is 1. The van der Waals surface area contributed by atoms with E-state index in [-0.39, 0.29) is 6.01 Å². The third-order valence-corrected chi connectivity index (χ3v) is 1.86. The summed E-state index contributed by atoms with van der Waals surface area (Å²) in [5.74, 6) is 0.706. The van der Waals surface area contributed by atoms with Gasteiger partial charge in [0.1, 0.15) is 0 Å². The minimum atomic E-state index is 0.204. The number of benzene rings is 1. The first-order valence-corrected chi connectivity index (χ1v) is 4.04. The Hall–Kier alpha value is -1.77. The molecule has 3 nitrogen and oxygen atoms in total. The van der Waals surface area contributed by atoms with Crippen molar-refractivity contribution < 1.29 is 4.42 Å². The molecule has 1 heterocycles. The fourth-order valence-electron chi connectivity index (χ4n) is 1.14. The lowest BCUT2D eigenvalue weighted by atomic mass is 10.1. The lowest BCUT2D eigenvalue weighted by Gasteiger charge is -1.95. The molecule has 0 aliphatic carbocycles. The summed E-state index contributed by atoms with van der Waals surface area (Å²) in [4.78, 5) is 3.83. The van der Waals surface area contributed by atoms with Crippen LogP contribution in [0.5, 0.6) is 0 Å².